The second-order valence-electron chi connectivity index (χ2n) is 5.51. The van der Waals surface area contributed by atoms with E-state index in [4.69, 9.17) is 20.4 Å². The summed E-state index contributed by atoms with van der Waals surface area (Å²) in [5.41, 5.74) is 5.82. The molecule has 1 aliphatic carbocycles. The molecule has 2 rings (SSSR count). The highest BCUT2D eigenvalue weighted by atomic mass is 16.5. The SMILES string of the molecule is COC1CN(CC2(CC(N)=NO)CC2)CC1OC. The molecule has 2 atom stereocenters. The van der Waals surface area contributed by atoms with Gasteiger partial charge < -0.3 is 20.4 Å². The van der Waals surface area contributed by atoms with Crippen molar-refractivity contribution in [3.05, 3.63) is 0 Å². The first-order chi connectivity index (χ1) is 8.62. The smallest absolute Gasteiger partial charge is 0.139 e. The van der Waals surface area contributed by atoms with Gasteiger partial charge in [-0.15, -0.1) is 0 Å². The molecule has 2 unspecified atom stereocenters. The Balaban J connectivity index is 1.87. The summed E-state index contributed by atoms with van der Waals surface area (Å²) in [5, 5.41) is 11.7. The molecule has 18 heavy (non-hydrogen) atoms. The van der Waals surface area contributed by atoms with Crippen LogP contribution in [0.3, 0.4) is 0 Å². The van der Waals surface area contributed by atoms with Gasteiger partial charge in [-0.25, -0.2) is 0 Å². The lowest BCUT2D eigenvalue weighted by Crippen LogP contribution is -2.32. The molecule has 0 radical (unpaired) electrons. The number of ether oxygens (including phenoxy) is 2. The second-order valence-corrected chi connectivity index (χ2v) is 5.51. The molecule has 0 amide bonds. The van der Waals surface area contributed by atoms with Gasteiger partial charge in [-0.05, 0) is 18.3 Å². The molecule has 0 aromatic rings. The Morgan fingerprint density at radius 3 is 2.28 bits per heavy atom. The Morgan fingerprint density at radius 1 is 1.33 bits per heavy atom. The van der Waals surface area contributed by atoms with Gasteiger partial charge in [0, 0.05) is 40.3 Å². The van der Waals surface area contributed by atoms with Gasteiger partial charge in [0.1, 0.15) is 5.84 Å². The normalized spacial score (nSPS) is 31.8. The van der Waals surface area contributed by atoms with Crippen LogP contribution in [0.2, 0.25) is 0 Å². The Labute approximate surface area is 108 Å². The molecule has 1 saturated heterocycles. The maximum Gasteiger partial charge on any atom is 0.139 e. The Bertz CT molecular complexity index is 306. The van der Waals surface area contributed by atoms with Gasteiger partial charge in [-0.3, -0.25) is 4.90 Å². The first-order valence-corrected chi connectivity index (χ1v) is 6.37. The lowest BCUT2D eigenvalue weighted by atomic mass is 10.0. The first-order valence-electron chi connectivity index (χ1n) is 6.37. The molecule has 0 spiro atoms. The zero-order valence-electron chi connectivity index (χ0n) is 11.1. The monoisotopic (exact) mass is 257 g/mol. The number of nitrogens with zero attached hydrogens (tertiary/aromatic N) is 2. The van der Waals surface area contributed by atoms with Crippen molar-refractivity contribution in [2.45, 2.75) is 31.5 Å². The molecular weight excluding hydrogens is 234 g/mol. The molecule has 2 aliphatic rings. The van der Waals surface area contributed by atoms with Crippen molar-refractivity contribution >= 4 is 5.84 Å². The number of methoxy groups -OCH3 is 2. The largest absolute Gasteiger partial charge is 0.409 e. The predicted octanol–water partition coefficient (Wildman–Crippen LogP) is 0.249. The van der Waals surface area contributed by atoms with Gasteiger partial charge in [0.05, 0.1) is 12.2 Å². The zero-order valence-corrected chi connectivity index (χ0v) is 11.1. The van der Waals surface area contributed by atoms with E-state index in [-0.39, 0.29) is 17.6 Å². The minimum Gasteiger partial charge on any atom is -0.409 e. The van der Waals surface area contributed by atoms with Crippen LogP contribution in [0, 0.1) is 5.41 Å². The zero-order chi connectivity index (χ0) is 13.2. The highest BCUT2D eigenvalue weighted by Crippen LogP contribution is 2.49. The van der Waals surface area contributed by atoms with Crippen molar-refractivity contribution in [3.63, 3.8) is 0 Å². The summed E-state index contributed by atoms with van der Waals surface area (Å²) in [4.78, 5) is 2.36. The van der Waals surface area contributed by atoms with E-state index in [2.05, 4.69) is 10.1 Å². The van der Waals surface area contributed by atoms with Gasteiger partial charge in [-0.2, -0.15) is 0 Å². The second kappa shape index (κ2) is 5.42. The van der Waals surface area contributed by atoms with Gasteiger partial charge in [0.15, 0.2) is 0 Å². The van der Waals surface area contributed by atoms with E-state index in [0.29, 0.717) is 12.3 Å². The molecule has 2 fully saturated rings. The van der Waals surface area contributed by atoms with Gasteiger partial charge >= 0.3 is 0 Å². The van der Waals surface area contributed by atoms with Crippen LogP contribution in [0.15, 0.2) is 5.16 Å². The predicted molar refractivity (Wildman–Crippen MR) is 67.7 cm³/mol. The highest BCUT2D eigenvalue weighted by Gasteiger charge is 2.46. The van der Waals surface area contributed by atoms with Crippen molar-refractivity contribution in [3.8, 4) is 0 Å². The van der Waals surface area contributed by atoms with E-state index in [1.165, 1.54) is 0 Å². The molecule has 6 heteroatoms. The fourth-order valence-corrected chi connectivity index (χ4v) is 2.86. The van der Waals surface area contributed by atoms with E-state index >= 15 is 0 Å². The van der Waals surface area contributed by atoms with E-state index < -0.39 is 0 Å². The Kier molecular flexibility index (Phi) is 4.09. The van der Waals surface area contributed by atoms with Gasteiger partial charge in [0.25, 0.3) is 0 Å². The van der Waals surface area contributed by atoms with Crippen LogP contribution in [0.5, 0.6) is 0 Å². The van der Waals surface area contributed by atoms with Crippen LogP contribution < -0.4 is 5.73 Å². The van der Waals surface area contributed by atoms with Gasteiger partial charge in [0.2, 0.25) is 0 Å². The van der Waals surface area contributed by atoms with Crippen LogP contribution in [0.4, 0.5) is 0 Å². The maximum atomic E-state index is 8.66. The average molecular weight is 257 g/mol. The number of likely N-dealkylation sites (tertiary alicyclic amines) is 1. The first kappa shape index (κ1) is 13.6. The fraction of sp³-hybridized carbons (Fsp3) is 0.917. The van der Waals surface area contributed by atoms with Crippen LogP contribution in [0.1, 0.15) is 19.3 Å². The number of nitrogens with two attached hydrogens (primary N) is 1. The molecule has 6 nitrogen and oxygen atoms in total. The van der Waals surface area contributed by atoms with Crippen molar-refractivity contribution < 1.29 is 14.7 Å². The lowest BCUT2D eigenvalue weighted by Gasteiger charge is -2.22. The van der Waals surface area contributed by atoms with Crippen molar-refractivity contribution in [2.24, 2.45) is 16.3 Å². The number of hydrogen-bond acceptors (Lipinski definition) is 5. The van der Waals surface area contributed by atoms with E-state index in [9.17, 15) is 0 Å². The van der Waals surface area contributed by atoms with Crippen LogP contribution >= 0.6 is 0 Å². The minimum absolute atomic E-state index is 0.148. The molecule has 104 valence electrons. The Morgan fingerprint density at radius 2 is 1.89 bits per heavy atom. The summed E-state index contributed by atoms with van der Waals surface area (Å²) in [5.74, 6) is 0.332. The molecule has 0 aromatic carbocycles. The summed E-state index contributed by atoms with van der Waals surface area (Å²) in [6.45, 7) is 2.77. The van der Waals surface area contributed by atoms with Crippen molar-refractivity contribution in [1.29, 1.82) is 0 Å². The number of oxime groups is 1. The Hall–Kier alpha value is -0.850. The molecule has 0 bridgehead atoms. The van der Waals surface area contributed by atoms with E-state index in [0.717, 1.165) is 32.5 Å². The molecule has 0 aromatic heterocycles. The quantitative estimate of drug-likeness (QED) is 0.308. The summed E-state index contributed by atoms with van der Waals surface area (Å²) in [6, 6.07) is 0. The number of hydrogen-bond donors (Lipinski definition) is 2. The number of amidine groups is 1. The summed E-state index contributed by atoms with van der Waals surface area (Å²) < 4.78 is 10.9. The lowest BCUT2D eigenvalue weighted by molar-refractivity contribution is -0.00461. The van der Waals surface area contributed by atoms with Crippen LogP contribution in [0.25, 0.3) is 0 Å². The van der Waals surface area contributed by atoms with Crippen LogP contribution in [-0.2, 0) is 9.47 Å². The average Bonchev–Trinajstić information content (AvgIpc) is 2.99. The summed E-state index contributed by atoms with van der Waals surface area (Å²) in [6.07, 6.45) is 3.27. The third-order valence-electron chi connectivity index (χ3n) is 4.10. The van der Waals surface area contributed by atoms with Crippen molar-refractivity contribution in [1.82, 2.24) is 4.90 Å². The maximum absolute atomic E-state index is 8.66. The van der Waals surface area contributed by atoms with E-state index in [1.54, 1.807) is 14.2 Å². The third-order valence-corrected chi connectivity index (χ3v) is 4.10. The third kappa shape index (κ3) is 2.93. The molecule has 1 saturated carbocycles. The van der Waals surface area contributed by atoms with Gasteiger partial charge in [-0.1, -0.05) is 5.16 Å². The molecular formula is C12H23N3O3. The van der Waals surface area contributed by atoms with E-state index in [1.807, 2.05) is 0 Å². The topological polar surface area (TPSA) is 80.3 Å². The number of rotatable bonds is 6. The summed E-state index contributed by atoms with van der Waals surface area (Å²) in [7, 11) is 3.45. The fourth-order valence-electron chi connectivity index (χ4n) is 2.86. The standard InChI is InChI=1S/C12H23N3O3/c1-17-9-6-15(7-10(9)18-2)8-12(3-4-12)5-11(13)14-16/h9-10,16H,3-8H2,1-2H3,(H2,13,14). The summed E-state index contributed by atoms with van der Waals surface area (Å²) >= 11 is 0. The molecule has 1 heterocycles. The molecule has 3 N–H and O–H groups in total. The van der Waals surface area contributed by atoms with Crippen molar-refractivity contribution in [2.75, 3.05) is 33.9 Å². The highest BCUT2D eigenvalue weighted by molar-refractivity contribution is 5.80. The molecule has 1 aliphatic heterocycles. The van der Waals surface area contributed by atoms with Crippen LogP contribution in [-0.4, -0.2) is 62.0 Å². The minimum atomic E-state index is 0.148.